The van der Waals surface area contributed by atoms with Crippen molar-refractivity contribution >= 4 is 5.91 Å². The minimum atomic E-state index is -0.138. The van der Waals surface area contributed by atoms with Gasteiger partial charge in [0, 0.05) is 13.0 Å². The van der Waals surface area contributed by atoms with Gasteiger partial charge in [-0.15, -0.1) is 10.2 Å². The lowest BCUT2D eigenvalue weighted by molar-refractivity contribution is -0.122. The van der Waals surface area contributed by atoms with Gasteiger partial charge in [-0.2, -0.15) is 0 Å². The lowest BCUT2D eigenvalue weighted by atomic mass is 10.2. The first-order valence-electron chi connectivity index (χ1n) is 8.04. The number of fused-ring (bicyclic) bond motifs is 1. The predicted octanol–water partition coefficient (Wildman–Crippen LogP) is 2.18. The lowest BCUT2D eigenvalue weighted by Gasteiger charge is -2.14. The molecule has 6 heteroatoms. The molecule has 0 saturated carbocycles. The first-order chi connectivity index (χ1) is 11.1. The minimum absolute atomic E-state index is 0.0412. The van der Waals surface area contributed by atoms with Crippen LogP contribution in [0.15, 0.2) is 24.3 Å². The lowest BCUT2D eigenvalue weighted by Crippen LogP contribution is -2.29. The topological polar surface area (TPSA) is 69.0 Å². The molecule has 122 valence electrons. The molecule has 0 bridgehead atoms. The maximum Gasteiger partial charge on any atom is 0.224 e. The van der Waals surface area contributed by atoms with Gasteiger partial charge in [-0.25, -0.2) is 0 Å². The summed E-state index contributed by atoms with van der Waals surface area (Å²) in [6, 6.07) is 7.67. The fraction of sp³-hybridized carbons (Fsp3) is 0.471. The standard InChI is InChI=1S/C17H22N4O2/c1-12-5-3-6-14(11-12)23-10-8-16(22)18-13(2)17-20-19-15-7-4-9-21(15)17/h3,5-6,11,13H,4,7-10H2,1-2H3,(H,18,22). The molecular formula is C17H22N4O2. The van der Waals surface area contributed by atoms with Gasteiger partial charge in [0.25, 0.3) is 0 Å². The summed E-state index contributed by atoms with van der Waals surface area (Å²) in [6.45, 7) is 5.25. The van der Waals surface area contributed by atoms with Gasteiger partial charge in [-0.1, -0.05) is 12.1 Å². The van der Waals surface area contributed by atoms with Gasteiger partial charge >= 0.3 is 0 Å². The Balaban J connectivity index is 1.47. The second kappa shape index (κ2) is 6.81. The third kappa shape index (κ3) is 3.70. The van der Waals surface area contributed by atoms with E-state index in [4.69, 9.17) is 4.74 Å². The van der Waals surface area contributed by atoms with Crippen molar-refractivity contribution in [3.8, 4) is 5.75 Å². The van der Waals surface area contributed by atoms with Crippen LogP contribution in [0, 0.1) is 6.92 Å². The van der Waals surface area contributed by atoms with E-state index in [2.05, 4.69) is 20.1 Å². The first kappa shape index (κ1) is 15.5. The second-order valence-electron chi connectivity index (χ2n) is 5.93. The smallest absolute Gasteiger partial charge is 0.224 e. The third-order valence-corrected chi connectivity index (χ3v) is 3.99. The van der Waals surface area contributed by atoms with Crippen LogP contribution in [0.1, 0.15) is 43.0 Å². The number of hydrogen-bond donors (Lipinski definition) is 1. The molecule has 0 fully saturated rings. The van der Waals surface area contributed by atoms with E-state index < -0.39 is 0 Å². The highest BCUT2D eigenvalue weighted by atomic mass is 16.5. The normalized spacial score (nSPS) is 14.3. The van der Waals surface area contributed by atoms with Crippen LogP contribution < -0.4 is 10.1 Å². The number of nitrogens with one attached hydrogen (secondary N) is 1. The van der Waals surface area contributed by atoms with Gasteiger partial charge in [0.05, 0.1) is 19.1 Å². The number of hydrogen-bond acceptors (Lipinski definition) is 4. The van der Waals surface area contributed by atoms with Crippen molar-refractivity contribution in [3.05, 3.63) is 41.5 Å². The first-order valence-corrected chi connectivity index (χ1v) is 8.04. The maximum atomic E-state index is 12.1. The van der Waals surface area contributed by atoms with Crippen LogP contribution in [-0.2, 0) is 17.8 Å². The molecule has 23 heavy (non-hydrogen) atoms. The van der Waals surface area contributed by atoms with E-state index in [9.17, 15) is 4.79 Å². The van der Waals surface area contributed by atoms with E-state index in [1.165, 1.54) is 0 Å². The summed E-state index contributed by atoms with van der Waals surface area (Å²) in [6.07, 6.45) is 2.39. The molecule has 1 aliphatic heterocycles. The number of amides is 1. The van der Waals surface area contributed by atoms with Gasteiger partial charge in [0.1, 0.15) is 11.6 Å². The molecule has 2 aromatic rings. The van der Waals surface area contributed by atoms with E-state index in [0.29, 0.717) is 13.0 Å². The number of carbonyl (C=O) groups excluding carboxylic acids is 1. The van der Waals surface area contributed by atoms with Crippen molar-refractivity contribution < 1.29 is 9.53 Å². The molecule has 1 unspecified atom stereocenters. The molecule has 1 aromatic carbocycles. The van der Waals surface area contributed by atoms with E-state index in [0.717, 1.165) is 42.3 Å². The summed E-state index contributed by atoms with van der Waals surface area (Å²) in [4.78, 5) is 12.1. The monoisotopic (exact) mass is 314 g/mol. The molecule has 0 spiro atoms. The van der Waals surface area contributed by atoms with Crippen LogP contribution in [0.2, 0.25) is 0 Å². The van der Waals surface area contributed by atoms with Crippen LogP contribution in [0.5, 0.6) is 5.75 Å². The number of ether oxygens (including phenoxy) is 1. The van der Waals surface area contributed by atoms with Crippen LogP contribution >= 0.6 is 0 Å². The zero-order chi connectivity index (χ0) is 16.2. The predicted molar refractivity (Wildman–Crippen MR) is 86.2 cm³/mol. The fourth-order valence-electron chi connectivity index (χ4n) is 2.84. The van der Waals surface area contributed by atoms with Crippen LogP contribution in [-0.4, -0.2) is 27.3 Å². The summed E-state index contributed by atoms with van der Waals surface area (Å²) in [5.41, 5.74) is 1.14. The highest BCUT2D eigenvalue weighted by Gasteiger charge is 2.22. The van der Waals surface area contributed by atoms with Crippen LogP contribution in [0.25, 0.3) is 0 Å². The molecule has 3 rings (SSSR count). The Kier molecular flexibility index (Phi) is 4.60. The highest BCUT2D eigenvalue weighted by molar-refractivity contribution is 5.76. The zero-order valence-electron chi connectivity index (χ0n) is 13.6. The van der Waals surface area contributed by atoms with Crippen LogP contribution in [0.3, 0.4) is 0 Å². The van der Waals surface area contributed by atoms with E-state index in [1.807, 2.05) is 38.1 Å². The summed E-state index contributed by atoms with van der Waals surface area (Å²) in [5, 5.41) is 11.3. The van der Waals surface area contributed by atoms with Crippen molar-refractivity contribution in [2.24, 2.45) is 0 Å². The molecule has 0 aliphatic carbocycles. The summed E-state index contributed by atoms with van der Waals surface area (Å²) in [5.74, 6) is 2.61. The number of carbonyl (C=O) groups is 1. The van der Waals surface area contributed by atoms with Gasteiger partial charge in [0.2, 0.25) is 5.91 Å². The largest absolute Gasteiger partial charge is 0.493 e. The van der Waals surface area contributed by atoms with Gasteiger partial charge < -0.3 is 14.6 Å². The average molecular weight is 314 g/mol. The maximum absolute atomic E-state index is 12.1. The van der Waals surface area contributed by atoms with Gasteiger partial charge in [-0.05, 0) is 38.0 Å². The van der Waals surface area contributed by atoms with Crippen LogP contribution in [0.4, 0.5) is 0 Å². The minimum Gasteiger partial charge on any atom is -0.493 e. The van der Waals surface area contributed by atoms with Crippen molar-refractivity contribution in [2.45, 2.75) is 45.7 Å². The van der Waals surface area contributed by atoms with Crippen molar-refractivity contribution in [1.82, 2.24) is 20.1 Å². The molecule has 1 N–H and O–H groups in total. The Bertz CT molecular complexity index is 696. The zero-order valence-corrected chi connectivity index (χ0v) is 13.6. The Hall–Kier alpha value is -2.37. The van der Waals surface area contributed by atoms with Gasteiger partial charge in [-0.3, -0.25) is 4.79 Å². The molecule has 1 aliphatic rings. The molecule has 6 nitrogen and oxygen atoms in total. The summed E-state index contributed by atoms with van der Waals surface area (Å²) in [7, 11) is 0. The van der Waals surface area contributed by atoms with E-state index >= 15 is 0 Å². The Morgan fingerprint density at radius 1 is 1.43 bits per heavy atom. The number of aromatic nitrogens is 3. The SMILES string of the molecule is Cc1cccc(OCCC(=O)NC(C)c2nnc3n2CCC3)c1. The molecule has 0 saturated heterocycles. The van der Waals surface area contributed by atoms with E-state index in [1.54, 1.807) is 0 Å². The fourth-order valence-corrected chi connectivity index (χ4v) is 2.84. The summed E-state index contributed by atoms with van der Waals surface area (Å²) >= 11 is 0. The average Bonchev–Trinajstić information content (AvgIpc) is 3.09. The van der Waals surface area contributed by atoms with Crippen molar-refractivity contribution in [1.29, 1.82) is 0 Å². The quantitative estimate of drug-likeness (QED) is 0.887. The summed E-state index contributed by atoms with van der Waals surface area (Å²) < 4.78 is 7.72. The second-order valence-corrected chi connectivity index (χ2v) is 5.93. The number of aryl methyl sites for hydroxylation is 2. The molecule has 1 aromatic heterocycles. The Morgan fingerprint density at radius 3 is 3.13 bits per heavy atom. The molecule has 1 atom stereocenters. The Morgan fingerprint density at radius 2 is 2.30 bits per heavy atom. The van der Waals surface area contributed by atoms with Crippen molar-refractivity contribution in [3.63, 3.8) is 0 Å². The number of benzene rings is 1. The number of rotatable bonds is 6. The molecule has 2 heterocycles. The molecule has 1 amide bonds. The highest BCUT2D eigenvalue weighted by Crippen LogP contribution is 2.19. The Labute approximate surface area is 135 Å². The molecule has 0 radical (unpaired) electrons. The number of nitrogens with zero attached hydrogens (tertiary/aromatic N) is 3. The van der Waals surface area contributed by atoms with Gasteiger partial charge in [0.15, 0.2) is 5.82 Å². The van der Waals surface area contributed by atoms with E-state index in [-0.39, 0.29) is 11.9 Å². The third-order valence-electron chi connectivity index (χ3n) is 3.99. The molecular weight excluding hydrogens is 292 g/mol. The van der Waals surface area contributed by atoms with Crippen molar-refractivity contribution in [2.75, 3.05) is 6.61 Å².